The number of aryl methyl sites for hydroxylation is 1. The minimum absolute atomic E-state index is 0.666. The first-order valence-corrected chi connectivity index (χ1v) is 5.94. The molecule has 2 heterocycles. The summed E-state index contributed by atoms with van der Waals surface area (Å²) < 4.78 is 5.74. The molecule has 0 aliphatic carbocycles. The predicted molar refractivity (Wildman–Crippen MR) is 72.5 cm³/mol. The second kappa shape index (κ2) is 4.53. The summed E-state index contributed by atoms with van der Waals surface area (Å²) in [4.78, 5) is 4.15. The Morgan fingerprint density at radius 2 is 2.06 bits per heavy atom. The molecule has 18 heavy (non-hydrogen) atoms. The van der Waals surface area contributed by atoms with E-state index < -0.39 is 0 Å². The number of hydrogen-bond donors (Lipinski definition) is 1. The van der Waals surface area contributed by atoms with E-state index in [4.69, 9.17) is 4.42 Å². The molecule has 0 spiro atoms. The van der Waals surface area contributed by atoms with E-state index in [0.29, 0.717) is 6.54 Å². The van der Waals surface area contributed by atoms with Gasteiger partial charge in [-0.15, -0.1) is 0 Å². The van der Waals surface area contributed by atoms with Gasteiger partial charge in [0.2, 0.25) is 0 Å². The van der Waals surface area contributed by atoms with E-state index in [-0.39, 0.29) is 0 Å². The molecule has 3 rings (SSSR count). The van der Waals surface area contributed by atoms with Crippen LogP contribution in [0, 0.1) is 6.92 Å². The van der Waals surface area contributed by atoms with E-state index >= 15 is 0 Å². The molecule has 90 valence electrons. The molecule has 0 bridgehead atoms. The summed E-state index contributed by atoms with van der Waals surface area (Å²) in [6.07, 6.45) is 3.65. The third-order valence-electron chi connectivity index (χ3n) is 2.82. The molecule has 0 aliphatic rings. The third kappa shape index (κ3) is 2.20. The lowest BCUT2D eigenvalue weighted by Gasteiger charge is -2.03. The Morgan fingerprint density at radius 1 is 1.17 bits per heavy atom. The van der Waals surface area contributed by atoms with Gasteiger partial charge in [-0.1, -0.05) is 18.2 Å². The molecule has 1 N–H and O–H groups in total. The van der Waals surface area contributed by atoms with Crippen LogP contribution in [0.5, 0.6) is 0 Å². The predicted octanol–water partition coefficient (Wildman–Crippen LogP) is 3.75. The standard InChI is InChI=1S/C15H14N2O/c1-11-6-13(9-16-8-11)17-10-14-7-12-4-2-3-5-15(12)18-14/h2-9,17H,10H2,1H3. The molecule has 2 aromatic heterocycles. The number of hydrogen-bond acceptors (Lipinski definition) is 3. The zero-order chi connectivity index (χ0) is 12.4. The van der Waals surface area contributed by atoms with Crippen molar-refractivity contribution in [1.82, 2.24) is 4.98 Å². The van der Waals surface area contributed by atoms with Crippen molar-refractivity contribution in [1.29, 1.82) is 0 Å². The molecule has 0 saturated heterocycles. The maximum atomic E-state index is 5.74. The van der Waals surface area contributed by atoms with Crippen LogP contribution < -0.4 is 5.32 Å². The molecule has 0 saturated carbocycles. The fourth-order valence-corrected chi connectivity index (χ4v) is 1.96. The van der Waals surface area contributed by atoms with E-state index in [2.05, 4.69) is 28.5 Å². The highest BCUT2D eigenvalue weighted by molar-refractivity contribution is 5.77. The second-order valence-electron chi connectivity index (χ2n) is 4.36. The van der Waals surface area contributed by atoms with Crippen LogP contribution in [-0.2, 0) is 6.54 Å². The van der Waals surface area contributed by atoms with Gasteiger partial charge in [0.05, 0.1) is 12.2 Å². The van der Waals surface area contributed by atoms with Gasteiger partial charge in [-0.3, -0.25) is 4.98 Å². The maximum Gasteiger partial charge on any atom is 0.134 e. The lowest BCUT2D eigenvalue weighted by atomic mass is 10.2. The monoisotopic (exact) mass is 238 g/mol. The van der Waals surface area contributed by atoms with Crippen molar-refractivity contribution in [2.24, 2.45) is 0 Å². The lowest BCUT2D eigenvalue weighted by molar-refractivity contribution is 0.559. The molecular weight excluding hydrogens is 224 g/mol. The van der Waals surface area contributed by atoms with Gasteiger partial charge >= 0.3 is 0 Å². The summed E-state index contributed by atoms with van der Waals surface area (Å²) in [5.41, 5.74) is 3.08. The molecule has 3 nitrogen and oxygen atoms in total. The van der Waals surface area contributed by atoms with Crippen molar-refractivity contribution in [3.8, 4) is 0 Å². The summed E-state index contributed by atoms with van der Waals surface area (Å²) >= 11 is 0. The van der Waals surface area contributed by atoms with Crippen LogP contribution in [0.25, 0.3) is 11.0 Å². The van der Waals surface area contributed by atoms with Crippen LogP contribution in [0.3, 0.4) is 0 Å². The highest BCUT2D eigenvalue weighted by Gasteiger charge is 2.02. The molecule has 0 unspecified atom stereocenters. The number of rotatable bonds is 3. The van der Waals surface area contributed by atoms with Crippen LogP contribution in [0.2, 0.25) is 0 Å². The Morgan fingerprint density at radius 3 is 2.89 bits per heavy atom. The average Bonchev–Trinajstić information content (AvgIpc) is 2.79. The zero-order valence-corrected chi connectivity index (χ0v) is 10.2. The van der Waals surface area contributed by atoms with E-state index in [0.717, 1.165) is 28.0 Å². The Kier molecular flexibility index (Phi) is 2.73. The lowest BCUT2D eigenvalue weighted by Crippen LogP contribution is -1.98. The number of para-hydroxylation sites is 1. The van der Waals surface area contributed by atoms with Crippen molar-refractivity contribution in [2.75, 3.05) is 5.32 Å². The fraction of sp³-hybridized carbons (Fsp3) is 0.133. The van der Waals surface area contributed by atoms with Crippen molar-refractivity contribution in [2.45, 2.75) is 13.5 Å². The van der Waals surface area contributed by atoms with Gasteiger partial charge in [-0.2, -0.15) is 0 Å². The quantitative estimate of drug-likeness (QED) is 0.755. The zero-order valence-electron chi connectivity index (χ0n) is 10.2. The largest absolute Gasteiger partial charge is 0.459 e. The van der Waals surface area contributed by atoms with E-state index in [1.165, 1.54) is 0 Å². The highest BCUT2D eigenvalue weighted by Crippen LogP contribution is 2.19. The Hall–Kier alpha value is -2.29. The van der Waals surface area contributed by atoms with Gasteiger partial charge in [-0.25, -0.2) is 0 Å². The number of pyridine rings is 1. The van der Waals surface area contributed by atoms with Crippen LogP contribution in [0.1, 0.15) is 11.3 Å². The summed E-state index contributed by atoms with van der Waals surface area (Å²) in [5.74, 6) is 0.928. The fourth-order valence-electron chi connectivity index (χ4n) is 1.96. The Bertz CT molecular complexity index is 640. The van der Waals surface area contributed by atoms with Crippen LogP contribution in [-0.4, -0.2) is 4.98 Å². The molecule has 0 radical (unpaired) electrons. The van der Waals surface area contributed by atoms with Crippen LogP contribution >= 0.6 is 0 Å². The summed E-state index contributed by atoms with van der Waals surface area (Å²) in [6.45, 7) is 2.69. The molecule has 0 fully saturated rings. The van der Waals surface area contributed by atoms with Gasteiger partial charge in [0.15, 0.2) is 0 Å². The van der Waals surface area contributed by atoms with Gasteiger partial charge in [0.25, 0.3) is 0 Å². The minimum atomic E-state index is 0.666. The highest BCUT2D eigenvalue weighted by atomic mass is 16.3. The Balaban J connectivity index is 1.76. The first-order valence-electron chi connectivity index (χ1n) is 5.94. The summed E-state index contributed by atoms with van der Waals surface area (Å²) in [5, 5.41) is 4.44. The smallest absolute Gasteiger partial charge is 0.134 e. The average molecular weight is 238 g/mol. The summed E-state index contributed by atoms with van der Waals surface area (Å²) in [6, 6.07) is 12.2. The number of aromatic nitrogens is 1. The third-order valence-corrected chi connectivity index (χ3v) is 2.82. The van der Waals surface area contributed by atoms with Gasteiger partial charge < -0.3 is 9.73 Å². The maximum absolute atomic E-state index is 5.74. The van der Waals surface area contributed by atoms with Crippen molar-refractivity contribution in [3.63, 3.8) is 0 Å². The molecule has 0 aliphatic heterocycles. The normalized spacial score (nSPS) is 10.7. The Labute approximate surface area is 105 Å². The first kappa shape index (κ1) is 10.8. The first-order chi connectivity index (χ1) is 8.81. The SMILES string of the molecule is Cc1cncc(NCc2cc3ccccc3o2)c1. The van der Waals surface area contributed by atoms with Crippen molar-refractivity contribution < 1.29 is 4.42 Å². The molecule has 1 aromatic carbocycles. The minimum Gasteiger partial charge on any atom is -0.459 e. The number of anilines is 1. The molecule has 0 atom stereocenters. The van der Waals surface area contributed by atoms with Gasteiger partial charge in [0.1, 0.15) is 11.3 Å². The van der Waals surface area contributed by atoms with Crippen molar-refractivity contribution >= 4 is 16.7 Å². The topological polar surface area (TPSA) is 38.1 Å². The van der Waals surface area contributed by atoms with E-state index in [1.807, 2.05) is 37.5 Å². The second-order valence-corrected chi connectivity index (χ2v) is 4.36. The number of nitrogens with one attached hydrogen (secondary N) is 1. The van der Waals surface area contributed by atoms with Crippen LogP contribution in [0.15, 0.2) is 53.2 Å². The molecule has 3 aromatic rings. The van der Waals surface area contributed by atoms with E-state index in [9.17, 15) is 0 Å². The number of fused-ring (bicyclic) bond motifs is 1. The number of benzene rings is 1. The van der Waals surface area contributed by atoms with Gasteiger partial charge in [0, 0.05) is 17.8 Å². The van der Waals surface area contributed by atoms with Crippen LogP contribution in [0.4, 0.5) is 5.69 Å². The van der Waals surface area contributed by atoms with Gasteiger partial charge in [-0.05, 0) is 30.7 Å². The van der Waals surface area contributed by atoms with Crippen molar-refractivity contribution in [3.05, 3.63) is 60.1 Å². The molecular formula is C15H14N2O. The summed E-state index contributed by atoms with van der Waals surface area (Å²) in [7, 11) is 0. The molecule has 0 amide bonds. The molecule has 3 heteroatoms. The number of furan rings is 1. The number of nitrogens with zero attached hydrogens (tertiary/aromatic N) is 1. The van der Waals surface area contributed by atoms with E-state index in [1.54, 1.807) is 0 Å².